The molecule has 0 bridgehead atoms. The minimum atomic E-state index is -4.67. The predicted octanol–water partition coefficient (Wildman–Crippen LogP) is 4.90. The summed E-state index contributed by atoms with van der Waals surface area (Å²) < 4.78 is 44.4. The van der Waals surface area contributed by atoms with Crippen LogP contribution in [-0.2, 0) is 17.4 Å². The summed E-state index contributed by atoms with van der Waals surface area (Å²) in [5, 5.41) is 10.8. The molecule has 0 heterocycles. The molecule has 2 N–H and O–H groups in total. The standard InChI is InChI=1S/C17H12Cl2F3NO4/c1-27-9-3-2-8(11(7-9)17(20,21)22)6-13(24)23-12-5-4-10(16(25)26)14(18)15(12)19/h2-5,7H,6H2,1H3,(H,23,24)(H,25,26). The third-order valence-electron chi connectivity index (χ3n) is 3.56. The lowest BCUT2D eigenvalue weighted by molar-refractivity contribution is -0.138. The number of methoxy groups -OCH3 is 1. The molecule has 0 spiro atoms. The highest BCUT2D eigenvalue weighted by Gasteiger charge is 2.34. The Labute approximate surface area is 161 Å². The van der Waals surface area contributed by atoms with Crippen LogP contribution in [0.5, 0.6) is 5.75 Å². The summed E-state index contributed by atoms with van der Waals surface area (Å²) in [4.78, 5) is 23.2. The first-order valence-corrected chi connectivity index (χ1v) is 8.05. The lowest BCUT2D eigenvalue weighted by Gasteiger charge is -2.15. The first kappa shape index (κ1) is 20.9. The number of nitrogens with one attached hydrogen (secondary N) is 1. The Bertz CT molecular complexity index is 900. The van der Waals surface area contributed by atoms with E-state index in [4.69, 9.17) is 33.0 Å². The lowest BCUT2D eigenvalue weighted by Crippen LogP contribution is -2.18. The quantitative estimate of drug-likeness (QED) is 0.719. The number of benzene rings is 2. The number of alkyl halides is 3. The minimum Gasteiger partial charge on any atom is -0.497 e. The molecule has 2 aromatic carbocycles. The van der Waals surface area contributed by atoms with Crippen molar-refractivity contribution in [3.05, 3.63) is 57.1 Å². The van der Waals surface area contributed by atoms with Crippen LogP contribution in [0, 0.1) is 0 Å². The van der Waals surface area contributed by atoms with Gasteiger partial charge in [0.05, 0.1) is 40.4 Å². The molecule has 27 heavy (non-hydrogen) atoms. The zero-order chi connectivity index (χ0) is 20.4. The Hall–Kier alpha value is -2.45. The van der Waals surface area contributed by atoms with Gasteiger partial charge in [-0.15, -0.1) is 0 Å². The summed E-state index contributed by atoms with van der Waals surface area (Å²) in [7, 11) is 1.23. The number of hydrogen-bond acceptors (Lipinski definition) is 3. The van der Waals surface area contributed by atoms with Gasteiger partial charge in [0.2, 0.25) is 5.91 Å². The van der Waals surface area contributed by atoms with Crippen molar-refractivity contribution < 1.29 is 32.6 Å². The molecule has 2 rings (SSSR count). The number of aromatic carboxylic acids is 1. The number of amides is 1. The van der Waals surface area contributed by atoms with Crippen LogP contribution >= 0.6 is 23.2 Å². The molecular formula is C17H12Cl2F3NO4. The Balaban J connectivity index is 2.27. The van der Waals surface area contributed by atoms with Crippen molar-refractivity contribution >= 4 is 40.8 Å². The molecule has 5 nitrogen and oxygen atoms in total. The van der Waals surface area contributed by atoms with Crippen LogP contribution in [0.3, 0.4) is 0 Å². The lowest BCUT2D eigenvalue weighted by atomic mass is 10.0. The smallest absolute Gasteiger partial charge is 0.416 e. The Kier molecular flexibility index (Phi) is 6.22. The Morgan fingerprint density at radius 2 is 1.81 bits per heavy atom. The number of carboxylic acids is 1. The molecule has 2 aromatic rings. The second-order valence-corrected chi connectivity index (χ2v) is 6.10. The second kappa shape index (κ2) is 8.06. The normalized spacial score (nSPS) is 11.2. The summed E-state index contributed by atoms with van der Waals surface area (Å²) in [6.07, 6.45) is -5.26. The molecule has 0 unspecified atom stereocenters. The van der Waals surface area contributed by atoms with Crippen molar-refractivity contribution in [1.82, 2.24) is 0 Å². The van der Waals surface area contributed by atoms with E-state index in [9.17, 15) is 22.8 Å². The molecule has 1 amide bonds. The highest BCUT2D eigenvalue weighted by atomic mass is 35.5. The van der Waals surface area contributed by atoms with Crippen LogP contribution in [0.2, 0.25) is 10.0 Å². The predicted molar refractivity (Wildman–Crippen MR) is 93.8 cm³/mol. The number of ether oxygens (including phenoxy) is 1. The van der Waals surface area contributed by atoms with Crippen LogP contribution in [0.25, 0.3) is 0 Å². The average molecular weight is 422 g/mol. The zero-order valence-corrected chi connectivity index (χ0v) is 15.2. The molecule has 0 aromatic heterocycles. The topological polar surface area (TPSA) is 75.6 Å². The number of carbonyl (C=O) groups excluding carboxylic acids is 1. The minimum absolute atomic E-state index is 0.00516. The molecule has 0 aliphatic rings. The number of halogens is 5. The van der Waals surface area contributed by atoms with E-state index in [-0.39, 0.29) is 32.6 Å². The van der Waals surface area contributed by atoms with Gasteiger partial charge in [-0.05, 0) is 29.8 Å². The number of rotatable bonds is 5. The number of carboxylic acid groups (broad SMARTS) is 1. The highest BCUT2D eigenvalue weighted by Crippen LogP contribution is 2.36. The maximum absolute atomic E-state index is 13.2. The van der Waals surface area contributed by atoms with Gasteiger partial charge in [-0.1, -0.05) is 29.3 Å². The van der Waals surface area contributed by atoms with Crippen molar-refractivity contribution in [2.45, 2.75) is 12.6 Å². The van der Waals surface area contributed by atoms with Gasteiger partial charge in [-0.3, -0.25) is 4.79 Å². The fourth-order valence-corrected chi connectivity index (χ4v) is 2.74. The first-order valence-electron chi connectivity index (χ1n) is 7.29. The van der Waals surface area contributed by atoms with Crippen molar-refractivity contribution in [2.24, 2.45) is 0 Å². The van der Waals surface area contributed by atoms with Crippen LogP contribution in [0.4, 0.5) is 18.9 Å². The first-order chi connectivity index (χ1) is 12.5. The monoisotopic (exact) mass is 421 g/mol. The van der Waals surface area contributed by atoms with Gasteiger partial charge >= 0.3 is 12.1 Å². The van der Waals surface area contributed by atoms with Gasteiger partial charge in [0, 0.05) is 0 Å². The molecule has 0 saturated heterocycles. The van der Waals surface area contributed by atoms with Crippen molar-refractivity contribution in [3.63, 3.8) is 0 Å². The zero-order valence-electron chi connectivity index (χ0n) is 13.7. The fraction of sp³-hybridized carbons (Fsp3) is 0.176. The van der Waals surface area contributed by atoms with Crippen LogP contribution < -0.4 is 10.1 Å². The number of hydrogen-bond donors (Lipinski definition) is 2. The van der Waals surface area contributed by atoms with E-state index in [2.05, 4.69) is 5.32 Å². The Morgan fingerprint density at radius 3 is 2.37 bits per heavy atom. The van der Waals surface area contributed by atoms with Gasteiger partial charge in [-0.25, -0.2) is 4.79 Å². The molecule has 0 aliphatic heterocycles. The maximum atomic E-state index is 13.2. The summed E-state index contributed by atoms with van der Waals surface area (Å²) in [6.45, 7) is 0. The van der Waals surface area contributed by atoms with Gasteiger partial charge in [-0.2, -0.15) is 13.2 Å². The number of anilines is 1. The van der Waals surface area contributed by atoms with Gasteiger partial charge < -0.3 is 15.2 Å². The summed E-state index contributed by atoms with van der Waals surface area (Å²) in [6, 6.07) is 5.58. The fourth-order valence-electron chi connectivity index (χ4n) is 2.28. The van der Waals surface area contributed by atoms with E-state index in [0.717, 1.165) is 18.2 Å². The van der Waals surface area contributed by atoms with Gasteiger partial charge in [0.1, 0.15) is 5.75 Å². The molecule has 10 heteroatoms. The maximum Gasteiger partial charge on any atom is 0.416 e. The third kappa shape index (κ3) is 4.84. The molecule has 0 saturated carbocycles. The average Bonchev–Trinajstić information content (AvgIpc) is 2.58. The van der Waals surface area contributed by atoms with Crippen molar-refractivity contribution in [3.8, 4) is 5.75 Å². The van der Waals surface area contributed by atoms with Crippen LogP contribution in [0.1, 0.15) is 21.5 Å². The summed E-state index contributed by atoms with van der Waals surface area (Å²) in [5.74, 6) is -2.09. The van der Waals surface area contributed by atoms with Gasteiger partial charge in [0.15, 0.2) is 0 Å². The van der Waals surface area contributed by atoms with Gasteiger partial charge in [0.25, 0.3) is 0 Å². The van der Waals surface area contributed by atoms with Crippen LogP contribution in [-0.4, -0.2) is 24.1 Å². The molecule has 0 fully saturated rings. The SMILES string of the molecule is COc1ccc(CC(=O)Nc2ccc(C(=O)O)c(Cl)c2Cl)c(C(F)(F)F)c1. The molecule has 144 valence electrons. The summed E-state index contributed by atoms with van der Waals surface area (Å²) >= 11 is 11.8. The molecule has 0 atom stereocenters. The number of carbonyl (C=O) groups is 2. The van der Waals surface area contributed by atoms with Crippen molar-refractivity contribution in [1.29, 1.82) is 0 Å². The largest absolute Gasteiger partial charge is 0.497 e. The van der Waals surface area contributed by atoms with E-state index < -0.39 is 30.0 Å². The Morgan fingerprint density at radius 1 is 1.15 bits per heavy atom. The third-order valence-corrected chi connectivity index (χ3v) is 4.44. The van der Waals surface area contributed by atoms with E-state index in [1.54, 1.807) is 0 Å². The van der Waals surface area contributed by atoms with Crippen molar-refractivity contribution in [2.75, 3.05) is 12.4 Å². The van der Waals surface area contributed by atoms with E-state index in [1.165, 1.54) is 19.2 Å². The summed E-state index contributed by atoms with van der Waals surface area (Å²) in [5.41, 5.74) is -1.54. The van der Waals surface area contributed by atoms with E-state index >= 15 is 0 Å². The molecule has 0 radical (unpaired) electrons. The molecular weight excluding hydrogens is 410 g/mol. The van der Waals surface area contributed by atoms with E-state index in [0.29, 0.717) is 0 Å². The molecule has 0 aliphatic carbocycles. The van der Waals surface area contributed by atoms with E-state index in [1.807, 2.05) is 0 Å². The second-order valence-electron chi connectivity index (χ2n) is 5.34. The highest BCUT2D eigenvalue weighted by molar-refractivity contribution is 6.45. The van der Waals surface area contributed by atoms with Crippen LogP contribution in [0.15, 0.2) is 30.3 Å².